The lowest BCUT2D eigenvalue weighted by molar-refractivity contribution is 0.189. The molecule has 0 spiro atoms. The number of benzene rings is 2. The molecule has 0 radical (unpaired) electrons. The molecule has 0 saturated heterocycles. The van der Waals surface area contributed by atoms with E-state index in [0.717, 1.165) is 41.3 Å². The summed E-state index contributed by atoms with van der Waals surface area (Å²) in [5.74, 6) is 0.901. The highest BCUT2D eigenvalue weighted by molar-refractivity contribution is 5.94. The number of hydrogen-bond donors (Lipinski definition) is 2. The van der Waals surface area contributed by atoms with Crippen LogP contribution in [0.5, 0.6) is 5.75 Å². The Morgan fingerprint density at radius 1 is 1.26 bits per heavy atom. The van der Waals surface area contributed by atoms with E-state index in [1.165, 1.54) is 6.07 Å². The average molecular weight is 367 g/mol. The first-order valence-corrected chi connectivity index (χ1v) is 9.29. The maximum absolute atomic E-state index is 14.5. The number of aryl methyl sites for hydroxylation is 1. The van der Waals surface area contributed by atoms with E-state index in [4.69, 9.17) is 10.5 Å². The fraction of sp³-hybridized carbons (Fsp3) is 0.318. The predicted octanol–water partition coefficient (Wildman–Crippen LogP) is 4.70. The first-order chi connectivity index (χ1) is 13.0. The smallest absolute Gasteiger partial charge is 0.131 e. The summed E-state index contributed by atoms with van der Waals surface area (Å²) < 4.78 is 20.9. The van der Waals surface area contributed by atoms with Crippen molar-refractivity contribution < 1.29 is 9.13 Å². The average Bonchev–Trinajstić information content (AvgIpc) is 2.65. The van der Waals surface area contributed by atoms with Crippen LogP contribution < -0.4 is 15.8 Å². The van der Waals surface area contributed by atoms with Crippen molar-refractivity contribution in [3.8, 4) is 16.9 Å². The molecule has 0 aliphatic carbocycles. The van der Waals surface area contributed by atoms with Crippen molar-refractivity contribution in [2.75, 3.05) is 19.3 Å². The Morgan fingerprint density at radius 3 is 2.78 bits per heavy atom. The van der Waals surface area contributed by atoms with Crippen LogP contribution in [0.4, 0.5) is 10.2 Å². The fourth-order valence-corrected chi connectivity index (χ4v) is 3.31. The molecule has 2 aromatic carbocycles. The van der Waals surface area contributed by atoms with Crippen LogP contribution in [-0.2, 0) is 0 Å². The molecule has 4 nitrogen and oxygen atoms in total. The Hall–Kier alpha value is -2.66. The van der Waals surface area contributed by atoms with Crippen LogP contribution in [0.1, 0.15) is 25.3 Å². The number of ether oxygens (including phenoxy) is 1. The first-order valence-electron chi connectivity index (χ1n) is 9.29. The van der Waals surface area contributed by atoms with Gasteiger partial charge in [-0.05, 0) is 68.8 Å². The van der Waals surface area contributed by atoms with Gasteiger partial charge in [0.05, 0.1) is 6.10 Å². The highest BCUT2D eigenvalue weighted by atomic mass is 19.1. The Labute approximate surface area is 159 Å². The molecule has 3 rings (SSSR count). The van der Waals surface area contributed by atoms with Crippen LogP contribution in [0, 0.1) is 12.7 Å². The van der Waals surface area contributed by atoms with Crippen molar-refractivity contribution >= 4 is 16.6 Å². The van der Waals surface area contributed by atoms with Crippen LogP contribution in [0.15, 0.2) is 42.6 Å². The first kappa shape index (κ1) is 19.1. The lowest BCUT2D eigenvalue weighted by Crippen LogP contribution is -2.21. The molecule has 3 aromatic rings. The monoisotopic (exact) mass is 367 g/mol. The summed E-state index contributed by atoms with van der Waals surface area (Å²) in [7, 11) is 1.93. The van der Waals surface area contributed by atoms with Gasteiger partial charge in [-0.15, -0.1) is 0 Å². The van der Waals surface area contributed by atoms with E-state index in [2.05, 4.69) is 17.2 Å². The van der Waals surface area contributed by atoms with Gasteiger partial charge in [0.15, 0.2) is 0 Å². The summed E-state index contributed by atoms with van der Waals surface area (Å²) in [6.07, 6.45) is 3.54. The molecular formula is C22H26FN3O. The van der Waals surface area contributed by atoms with Crippen molar-refractivity contribution in [2.45, 2.75) is 32.8 Å². The van der Waals surface area contributed by atoms with Gasteiger partial charge in [0, 0.05) is 22.5 Å². The maximum Gasteiger partial charge on any atom is 0.131 e. The van der Waals surface area contributed by atoms with Crippen molar-refractivity contribution in [1.82, 2.24) is 10.3 Å². The molecule has 0 amide bonds. The summed E-state index contributed by atoms with van der Waals surface area (Å²) in [5, 5.41) is 4.93. The van der Waals surface area contributed by atoms with Crippen LogP contribution in [0.25, 0.3) is 21.9 Å². The number of nitrogens with two attached hydrogens (primary N) is 1. The predicted molar refractivity (Wildman–Crippen MR) is 110 cm³/mol. The largest absolute Gasteiger partial charge is 0.490 e. The van der Waals surface area contributed by atoms with Crippen molar-refractivity contribution in [1.29, 1.82) is 0 Å². The second kappa shape index (κ2) is 8.35. The van der Waals surface area contributed by atoms with Crippen LogP contribution in [0.3, 0.4) is 0 Å². The molecule has 3 N–H and O–H groups in total. The highest BCUT2D eigenvalue weighted by Gasteiger charge is 2.15. The Kier molecular flexibility index (Phi) is 5.91. The van der Waals surface area contributed by atoms with Gasteiger partial charge >= 0.3 is 0 Å². The van der Waals surface area contributed by atoms with Crippen molar-refractivity contribution in [2.24, 2.45) is 0 Å². The quantitative estimate of drug-likeness (QED) is 0.635. The lowest BCUT2D eigenvalue weighted by Gasteiger charge is -2.20. The molecule has 1 aromatic heterocycles. The fourth-order valence-electron chi connectivity index (χ4n) is 3.31. The molecule has 1 unspecified atom stereocenters. The number of nitrogens with zero attached hydrogens (tertiary/aromatic N) is 1. The lowest BCUT2D eigenvalue weighted by atomic mass is 9.97. The van der Waals surface area contributed by atoms with Crippen molar-refractivity contribution in [3.05, 3.63) is 54.0 Å². The normalized spacial score (nSPS) is 12.3. The third-order valence-electron chi connectivity index (χ3n) is 4.79. The number of anilines is 1. The molecule has 142 valence electrons. The number of pyridine rings is 1. The number of fused-ring (bicyclic) bond motifs is 1. The van der Waals surface area contributed by atoms with E-state index < -0.39 is 0 Å². The molecule has 0 bridgehead atoms. The molecule has 0 saturated carbocycles. The maximum atomic E-state index is 14.5. The Bertz CT molecular complexity index is 922. The zero-order chi connectivity index (χ0) is 19.4. The summed E-state index contributed by atoms with van der Waals surface area (Å²) in [6.45, 7) is 4.88. The number of hydrogen-bond acceptors (Lipinski definition) is 4. The highest BCUT2D eigenvalue weighted by Crippen LogP contribution is 2.36. The van der Waals surface area contributed by atoms with Crippen LogP contribution in [-0.4, -0.2) is 24.7 Å². The molecule has 0 fully saturated rings. The molecule has 1 atom stereocenters. The standard InChI is InChI=1S/C22H26FN3O/c1-4-17(8-9-25-3)27-20-11-15(22-14(2)6-5-7-19(22)23)10-16-13-26-21(24)12-18(16)20/h5-7,10-13,17,25H,4,8-9H2,1-3H3,(H2,24,26). The number of halogens is 1. The van der Waals surface area contributed by atoms with Gasteiger partial charge in [0.1, 0.15) is 17.4 Å². The second-order valence-electron chi connectivity index (χ2n) is 6.78. The SMILES string of the molecule is CCC(CCNC)Oc1cc(-c2c(C)cccc2F)cc2cnc(N)cc12. The van der Waals surface area contributed by atoms with Gasteiger partial charge in [0.2, 0.25) is 0 Å². The Morgan fingerprint density at radius 2 is 2.07 bits per heavy atom. The molecule has 5 heteroatoms. The van der Waals surface area contributed by atoms with E-state index in [-0.39, 0.29) is 11.9 Å². The number of aromatic nitrogens is 1. The molecule has 27 heavy (non-hydrogen) atoms. The summed E-state index contributed by atoms with van der Waals surface area (Å²) >= 11 is 0. The molecule has 0 aliphatic rings. The Balaban J connectivity index is 2.13. The minimum atomic E-state index is -0.245. The minimum Gasteiger partial charge on any atom is -0.490 e. The summed E-state index contributed by atoms with van der Waals surface area (Å²) in [5.41, 5.74) is 8.15. The van der Waals surface area contributed by atoms with Crippen LogP contribution in [0.2, 0.25) is 0 Å². The van der Waals surface area contributed by atoms with E-state index in [1.807, 2.05) is 38.2 Å². The summed E-state index contributed by atoms with van der Waals surface area (Å²) in [4.78, 5) is 4.20. The van der Waals surface area contributed by atoms with Gasteiger partial charge in [-0.25, -0.2) is 9.37 Å². The third kappa shape index (κ3) is 4.19. The second-order valence-corrected chi connectivity index (χ2v) is 6.78. The van der Waals surface area contributed by atoms with Crippen molar-refractivity contribution in [3.63, 3.8) is 0 Å². The molecule has 1 heterocycles. The molecular weight excluding hydrogens is 341 g/mol. The summed E-state index contributed by atoms with van der Waals surface area (Å²) in [6, 6.07) is 10.8. The van der Waals surface area contributed by atoms with E-state index in [0.29, 0.717) is 17.1 Å². The number of nitrogen functional groups attached to an aromatic ring is 1. The van der Waals surface area contributed by atoms with Gasteiger partial charge in [0.25, 0.3) is 0 Å². The van der Waals surface area contributed by atoms with Gasteiger partial charge < -0.3 is 15.8 Å². The number of nitrogens with one attached hydrogen (secondary N) is 1. The number of rotatable bonds is 7. The zero-order valence-electron chi connectivity index (χ0n) is 16.1. The van der Waals surface area contributed by atoms with E-state index >= 15 is 0 Å². The van der Waals surface area contributed by atoms with Gasteiger partial charge in [-0.2, -0.15) is 0 Å². The molecule has 0 aliphatic heterocycles. The van der Waals surface area contributed by atoms with Gasteiger partial charge in [-0.3, -0.25) is 0 Å². The third-order valence-corrected chi connectivity index (χ3v) is 4.79. The zero-order valence-corrected chi connectivity index (χ0v) is 16.1. The van der Waals surface area contributed by atoms with E-state index in [1.54, 1.807) is 12.3 Å². The topological polar surface area (TPSA) is 60.2 Å². The minimum absolute atomic E-state index is 0.0620. The van der Waals surface area contributed by atoms with Gasteiger partial charge in [-0.1, -0.05) is 19.1 Å². The van der Waals surface area contributed by atoms with Crippen LogP contribution >= 0.6 is 0 Å². The van der Waals surface area contributed by atoms with E-state index in [9.17, 15) is 4.39 Å².